The molecule has 6 heterocycles. The number of rotatable bonds is 6. The smallest absolute Gasteiger partial charge is 0.318 e. The van der Waals surface area contributed by atoms with E-state index >= 15 is 0 Å². The predicted octanol–water partition coefficient (Wildman–Crippen LogP) is 5.10. The van der Waals surface area contributed by atoms with Crippen molar-refractivity contribution < 1.29 is 9.53 Å². The number of carbonyl (C=O) groups excluding carboxylic acids is 1. The minimum Gasteiger partial charge on any atom is -0.481 e. The van der Waals surface area contributed by atoms with Gasteiger partial charge >= 0.3 is 6.03 Å². The second kappa shape index (κ2) is 10.3. The molecule has 6 rings (SSSR count). The largest absolute Gasteiger partial charge is 0.481 e. The van der Waals surface area contributed by atoms with E-state index < -0.39 is 5.54 Å². The minimum atomic E-state index is -0.645. The SMILES string of the molecule is CC(Oc1cc(-c2cc3n(n2)CCC32CCN(C(=O)NC(C)(C)c3ccncc3Cl)C2)cnc1N)c1ccccn1. The van der Waals surface area contributed by atoms with Gasteiger partial charge in [-0.25, -0.2) is 9.78 Å². The second-order valence-corrected chi connectivity index (χ2v) is 11.8. The first-order valence-electron chi connectivity index (χ1n) is 13.7. The Hall–Kier alpha value is -4.18. The molecule has 1 spiro atoms. The third kappa shape index (κ3) is 5.08. The number of urea groups is 1. The summed E-state index contributed by atoms with van der Waals surface area (Å²) in [6.45, 7) is 7.91. The molecule has 1 fully saturated rings. The van der Waals surface area contributed by atoms with Crippen molar-refractivity contribution >= 4 is 23.4 Å². The van der Waals surface area contributed by atoms with Crippen LogP contribution in [0.5, 0.6) is 5.75 Å². The molecule has 0 aromatic carbocycles. The van der Waals surface area contributed by atoms with Crippen molar-refractivity contribution in [1.29, 1.82) is 0 Å². The number of pyridine rings is 3. The summed E-state index contributed by atoms with van der Waals surface area (Å²) in [5.41, 5.74) is 9.77. The molecular weight excluding hydrogens is 540 g/mol. The van der Waals surface area contributed by atoms with Gasteiger partial charge in [0.25, 0.3) is 0 Å². The molecule has 2 atom stereocenters. The fraction of sp³-hybridized carbons (Fsp3) is 0.367. The quantitative estimate of drug-likeness (QED) is 0.329. The number of fused-ring (bicyclic) bond motifs is 2. The molecule has 4 aromatic rings. The maximum absolute atomic E-state index is 13.4. The predicted molar refractivity (Wildman–Crippen MR) is 156 cm³/mol. The molecule has 0 saturated carbocycles. The summed E-state index contributed by atoms with van der Waals surface area (Å²) in [6, 6.07) is 11.4. The van der Waals surface area contributed by atoms with Crippen LogP contribution in [0.2, 0.25) is 5.02 Å². The van der Waals surface area contributed by atoms with E-state index in [9.17, 15) is 4.79 Å². The zero-order chi connectivity index (χ0) is 28.8. The third-order valence-electron chi connectivity index (χ3n) is 8.22. The van der Waals surface area contributed by atoms with Crippen LogP contribution >= 0.6 is 11.6 Å². The van der Waals surface area contributed by atoms with Gasteiger partial charge in [0.1, 0.15) is 6.10 Å². The van der Waals surface area contributed by atoms with Gasteiger partial charge in [-0.15, -0.1) is 0 Å². The molecule has 2 unspecified atom stereocenters. The van der Waals surface area contributed by atoms with E-state index in [1.54, 1.807) is 24.8 Å². The number of nitrogens with one attached hydrogen (secondary N) is 1. The van der Waals surface area contributed by atoms with E-state index in [0.717, 1.165) is 47.6 Å². The number of nitrogens with two attached hydrogens (primary N) is 1. The van der Waals surface area contributed by atoms with Crippen LogP contribution in [0.15, 0.2) is 61.2 Å². The van der Waals surface area contributed by atoms with E-state index in [4.69, 9.17) is 27.2 Å². The van der Waals surface area contributed by atoms with Gasteiger partial charge in [0.15, 0.2) is 11.6 Å². The van der Waals surface area contributed by atoms with E-state index in [-0.39, 0.29) is 17.6 Å². The molecule has 2 aliphatic heterocycles. The monoisotopic (exact) mass is 572 g/mol. The number of aromatic nitrogens is 5. The van der Waals surface area contributed by atoms with E-state index in [1.807, 2.05) is 56.0 Å². The van der Waals surface area contributed by atoms with Gasteiger partial charge in [0.05, 0.1) is 21.9 Å². The Morgan fingerprint density at radius 3 is 2.76 bits per heavy atom. The molecule has 2 aliphatic rings. The van der Waals surface area contributed by atoms with Gasteiger partial charge in [-0.3, -0.25) is 14.6 Å². The first-order valence-corrected chi connectivity index (χ1v) is 14.1. The number of hydrogen-bond acceptors (Lipinski definition) is 7. The highest BCUT2D eigenvalue weighted by atomic mass is 35.5. The molecule has 0 radical (unpaired) electrons. The Morgan fingerprint density at radius 2 is 1.98 bits per heavy atom. The van der Waals surface area contributed by atoms with Gasteiger partial charge in [-0.2, -0.15) is 5.10 Å². The Balaban J connectivity index is 1.19. The maximum atomic E-state index is 13.4. The highest BCUT2D eigenvalue weighted by Gasteiger charge is 2.47. The Labute approximate surface area is 243 Å². The summed E-state index contributed by atoms with van der Waals surface area (Å²) in [7, 11) is 0. The van der Waals surface area contributed by atoms with Crippen molar-refractivity contribution in [2.24, 2.45) is 0 Å². The van der Waals surface area contributed by atoms with Crippen LogP contribution in [-0.2, 0) is 17.5 Å². The van der Waals surface area contributed by atoms with Crippen LogP contribution < -0.4 is 15.8 Å². The minimum absolute atomic E-state index is 0.107. The standard InChI is InChI=1S/C30H33ClN8O2/c1-19(23-6-4-5-10-34-23)41-25-14-20(16-35-27(25)32)24-15-26-30(9-13-39(26)37-24)8-12-38(18-30)28(40)36-29(2,3)21-7-11-33-17-22(21)31/h4-7,10-11,14-17,19H,8-9,12-13,18H2,1-3H3,(H2,32,35)(H,36,40). The van der Waals surface area contributed by atoms with Crippen molar-refractivity contribution in [3.05, 3.63) is 83.2 Å². The number of amides is 2. The second-order valence-electron chi connectivity index (χ2n) is 11.4. The number of ether oxygens (including phenoxy) is 1. The Morgan fingerprint density at radius 1 is 1.15 bits per heavy atom. The van der Waals surface area contributed by atoms with Gasteiger partial charge in [-0.05, 0) is 69.5 Å². The lowest BCUT2D eigenvalue weighted by atomic mass is 9.82. The highest BCUT2D eigenvalue weighted by molar-refractivity contribution is 6.31. The number of nitrogens with zero attached hydrogens (tertiary/aromatic N) is 6. The van der Waals surface area contributed by atoms with Crippen LogP contribution in [0.4, 0.5) is 10.6 Å². The van der Waals surface area contributed by atoms with Crippen LogP contribution in [0.1, 0.15) is 56.7 Å². The molecule has 4 aromatic heterocycles. The number of halogens is 1. The lowest BCUT2D eigenvalue weighted by Gasteiger charge is -2.31. The van der Waals surface area contributed by atoms with Crippen molar-refractivity contribution in [3.8, 4) is 17.0 Å². The highest BCUT2D eigenvalue weighted by Crippen LogP contribution is 2.44. The van der Waals surface area contributed by atoms with E-state index in [2.05, 4.69) is 31.0 Å². The van der Waals surface area contributed by atoms with Gasteiger partial charge < -0.3 is 20.7 Å². The number of hydrogen-bond donors (Lipinski definition) is 2. The molecule has 1 saturated heterocycles. The molecule has 41 heavy (non-hydrogen) atoms. The number of likely N-dealkylation sites (tertiary alicyclic amines) is 1. The fourth-order valence-corrected chi connectivity index (χ4v) is 6.27. The average molecular weight is 573 g/mol. The number of anilines is 1. The van der Waals surface area contributed by atoms with Crippen LogP contribution in [0, 0.1) is 0 Å². The van der Waals surface area contributed by atoms with Crippen molar-refractivity contribution in [2.75, 3.05) is 18.8 Å². The summed E-state index contributed by atoms with van der Waals surface area (Å²) < 4.78 is 8.20. The number of aryl methyl sites for hydroxylation is 1. The summed E-state index contributed by atoms with van der Waals surface area (Å²) >= 11 is 6.37. The third-order valence-corrected chi connectivity index (χ3v) is 8.52. The molecule has 0 aliphatic carbocycles. The van der Waals surface area contributed by atoms with Crippen molar-refractivity contribution in [3.63, 3.8) is 0 Å². The van der Waals surface area contributed by atoms with Crippen LogP contribution in [0.25, 0.3) is 11.3 Å². The molecule has 10 nitrogen and oxygen atoms in total. The van der Waals surface area contributed by atoms with Crippen LogP contribution in [-0.4, -0.2) is 48.8 Å². The molecule has 11 heteroatoms. The Bertz CT molecular complexity index is 1590. The Kier molecular flexibility index (Phi) is 6.81. The topological polar surface area (TPSA) is 124 Å². The molecule has 2 amide bonds. The first kappa shape index (κ1) is 27.0. The van der Waals surface area contributed by atoms with E-state index in [1.165, 1.54) is 0 Å². The number of nitrogen functional groups attached to an aromatic ring is 1. The number of carbonyl (C=O) groups is 1. The van der Waals surface area contributed by atoms with Crippen molar-refractivity contribution in [1.82, 2.24) is 34.9 Å². The molecule has 0 bridgehead atoms. The summed E-state index contributed by atoms with van der Waals surface area (Å²) in [5.74, 6) is 0.803. The lowest BCUT2D eigenvalue weighted by molar-refractivity contribution is 0.194. The normalized spacial score (nSPS) is 18.9. The van der Waals surface area contributed by atoms with E-state index in [0.29, 0.717) is 29.7 Å². The summed E-state index contributed by atoms with van der Waals surface area (Å²) in [5, 5.41) is 8.59. The lowest BCUT2D eigenvalue weighted by Crippen LogP contribution is -2.48. The van der Waals surface area contributed by atoms with Gasteiger partial charge in [0.2, 0.25) is 0 Å². The van der Waals surface area contributed by atoms with Gasteiger partial charge in [-0.1, -0.05) is 17.7 Å². The molecular formula is C30H33ClN8O2. The van der Waals surface area contributed by atoms with Gasteiger partial charge in [0, 0.05) is 61.1 Å². The van der Waals surface area contributed by atoms with Crippen molar-refractivity contribution in [2.45, 2.75) is 57.2 Å². The first-order chi connectivity index (χ1) is 19.6. The van der Waals surface area contributed by atoms with Crippen LogP contribution in [0.3, 0.4) is 0 Å². The fourth-order valence-electron chi connectivity index (χ4n) is 5.91. The molecule has 212 valence electrons. The summed E-state index contributed by atoms with van der Waals surface area (Å²) in [4.78, 5) is 28.1. The zero-order valence-electron chi connectivity index (χ0n) is 23.3. The zero-order valence-corrected chi connectivity index (χ0v) is 24.1. The maximum Gasteiger partial charge on any atom is 0.318 e. The molecule has 3 N–H and O–H groups in total. The summed E-state index contributed by atoms with van der Waals surface area (Å²) in [6.07, 6.45) is 8.26. The average Bonchev–Trinajstić information content (AvgIpc) is 3.67.